The Kier molecular flexibility index (Phi) is 5.86. The smallest absolute Gasteiger partial charge is 0.251 e. The van der Waals surface area contributed by atoms with Gasteiger partial charge in [0.2, 0.25) is 0 Å². The molecule has 1 amide bonds. The topological polar surface area (TPSA) is 52.9 Å². The van der Waals surface area contributed by atoms with Crippen LogP contribution in [0.5, 0.6) is 0 Å². The molecule has 0 bridgehead atoms. The van der Waals surface area contributed by atoms with Gasteiger partial charge in [0, 0.05) is 23.6 Å². The maximum absolute atomic E-state index is 11.8. The number of nitrogens with one attached hydrogen (secondary N) is 1. The molecule has 0 heterocycles. The van der Waals surface area contributed by atoms with Crippen molar-refractivity contribution in [2.75, 3.05) is 12.3 Å². The third-order valence-corrected chi connectivity index (χ3v) is 3.97. The van der Waals surface area contributed by atoms with E-state index in [4.69, 9.17) is 5.26 Å². The molecule has 4 heteroatoms. The second kappa shape index (κ2) is 8.13. The van der Waals surface area contributed by atoms with Crippen LogP contribution in [-0.2, 0) is 5.75 Å². The van der Waals surface area contributed by atoms with E-state index in [0.29, 0.717) is 12.1 Å². The molecule has 0 aliphatic carbocycles. The summed E-state index contributed by atoms with van der Waals surface area (Å²) in [7, 11) is 0. The van der Waals surface area contributed by atoms with Gasteiger partial charge in [-0.3, -0.25) is 4.79 Å². The molecule has 0 radical (unpaired) electrons. The van der Waals surface area contributed by atoms with Gasteiger partial charge in [-0.2, -0.15) is 17.0 Å². The molecule has 0 aliphatic heterocycles. The molecular formula is C17H16N2OS. The van der Waals surface area contributed by atoms with Crippen molar-refractivity contribution in [2.24, 2.45) is 0 Å². The lowest BCUT2D eigenvalue weighted by molar-refractivity contribution is 0.0956. The van der Waals surface area contributed by atoms with Crippen LogP contribution in [-0.4, -0.2) is 18.2 Å². The Morgan fingerprint density at radius 2 is 1.81 bits per heavy atom. The summed E-state index contributed by atoms with van der Waals surface area (Å²) in [4.78, 5) is 11.8. The molecule has 2 aromatic rings. The van der Waals surface area contributed by atoms with Crippen molar-refractivity contribution in [3.8, 4) is 6.07 Å². The molecule has 2 aromatic carbocycles. The second-order valence-electron chi connectivity index (χ2n) is 4.44. The van der Waals surface area contributed by atoms with Gasteiger partial charge in [0.05, 0.1) is 11.6 Å². The Morgan fingerprint density at radius 1 is 1.10 bits per heavy atom. The summed E-state index contributed by atoms with van der Waals surface area (Å²) in [5.41, 5.74) is 2.44. The van der Waals surface area contributed by atoms with Crippen molar-refractivity contribution in [1.82, 2.24) is 5.32 Å². The van der Waals surface area contributed by atoms with Crippen LogP contribution in [0.15, 0.2) is 54.6 Å². The highest BCUT2D eigenvalue weighted by Crippen LogP contribution is 2.15. The van der Waals surface area contributed by atoms with E-state index in [1.54, 1.807) is 23.9 Å². The van der Waals surface area contributed by atoms with Crippen LogP contribution in [0.2, 0.25) is 0 Å². The van der Waals surface area contributed by atoms with E-state index in [0.717, 1.165) is 22.6 Å². The first kappa shape index (κ1) is 15.1. The first-order valence-corrected chi connectivity index (χ1v) is 7.85. The average molecular weight is 296 g/mol. The number of thioether (sulfide) groups is 1. The van der Waals surface area contributed by atoms with E-state index in [9.17, 15) is 4.79 Å². The predicted molar refractivity (Wildman–Crippen MR) is 86.1 cm³/mol. The standard InChI is InChI=1S/C17H16N2OS/c18-12-15-8-4-5-9-16(15)13-21-11-10-19-17(20)14-6-2-1-3-7-14/h1-9H,10-11,13H2,(H,19,20). The number of nitrogens with zero attached hydrogens (tertiary/aromatic N) is 1. The van der Waals surface area contributed by atoms with Crippen LogP contribution in [0.3, 0.4) is 0 Å². The summed E-state index contributed by atoms with van der Waals surface area (Å²) in [6.07, 6.45) is 0. The zero-order valence-corrected chi connectivity index (χ0v) is 12.4. The van der Waals surface area contributed by atoms with E-state index in [1.807, 2.05) is 42.5 Å². The van der Waals surface area contributed by atoms with Gasteiger partial charge in [0.25, 0.3) is 5.91 Å². The van der Waals surface area contributed by atoms with Crippen molar-refractivity contribution in [1.29, 1.82) is 5.26 Å². The number of benzene rings is 2. The van der Waals surface area contributed by atoms with Crippen molar-refractivity contribution < 1.29 is 4.79 Å². The predicted octanol–water partition coefficient (Wildman–Crippen LogP) is 3.22. The quantitative estimate of drug-likeness (QED) is 0.833. The SMILES string of the molecule is N#Cc1ccccc1CSCCNC(=O)c1ccccc1. The van der Waals surface area contributed by atoms with Crippen molar-refractivity contribution in [3.63, 3.8) is 0 Å². The minimum absolute atomic E-state index is 0.0476. The number of hydrogen-bond donors (Lipinski definition) is 1. The van der Waals surface area contributed by atoms with Crippen LogP contribution in [0, 0.1) is 11.3 Å². The summed E-state index contributed by atoms with van der Waals surface area (Å²) in [5, 5.41) is 11.9. The Balaban J connectivity index is 1.71. The maximum Gasteiger partial charge on any atom is 0.251 e. The van der Waals surface area contributed by atoms with E-state index in [2.05, 4.69) is 11.4 Å². The summed E-state index contributed by atoms with van der Waals surface area (Å²) < 4.78 is 0. The maximum atomic E-state index is 11.8. The molecule has 0 atom stereocenters. The first-order valence-electron chi connectivity index (χ1n) is 6.70. The van der Waals surface area contributed by atoms with Crippen molar-refractivity contribution in [2.45, 2.75) is 5.75 Å². The number of hydrogen-bond acceptors (Lipinski definition) is 3. The highest BCUT2D eigenvalue weighted by molar-refractivity contribution is 7.98. The average Bonchev–Trinajstić information content (AvgIpc) is 2.55. The van der Waals surface area contributed by atoms with Crippen LogP contribution in [0.25, 0.3) is 0 Å². The van der Waals surface area contributed by atoms with Gasteiger partial charge >= 0.3 is 0 Å². The third kappa shape index (κ3) is 4.66. The van der Waals surface area contributed by atoms with Crippen molar-refractivity contribution in [3.05, 3.63) is 71.3 Å². The Hall–Kier alpha value is -2.25. The zero-order valence-electron chi connectivity index (χ0n) is 11.6. The first-order chi connectivity index (χ1) is 10.3. The van der Waals surface area contributed by atoms with E-state index in [-0.39, 0.29) is 5.91 Å². The minimum atomic E-state index is -0.0476. The fourth-order valence-electron chi connectivity index (χ4n) is 1.87. The van der Waals surface area contributed by atoms with Gasteiger partial charge in [-0.25, -0.2) is 0 Å². The summed E-state index contributed by atoms with van der Waals surface area (Å²) in [5.74, 6) is 1.55. The minimum Gasteiger partial charge on any atom is -0.351 e. The molecule has 106 valence electrons. The fraction of sp³-hybridized carbons (Fsp3) is 0.176. The van der Waals surface area contributed by atoms with Crippen LogP contribution >= 0.6 is 11.8 Å². The van der Waals surface area contributed by atoms with E-state index < -0.39 is 0 Å². The highest BCUT2D eigenvalue weighted by Gasteiger charge is 2.04. The summed E-state index contributed by atoms with van der Waals surface area (Å²) in [6, 6.07) is 19.0. The van der Waals surface area contributed by atoms with Gasteiger partial charge in [0.1, 0.15) is 0 Å². The molecule has 0 saturated carbocycles. The summed E-state index contributed by atoms with van der Waals surface area (Å²) >= 11 is 1.71. The molecular weight excluding hydrogens is 280 g/mol. The van der Waals surface area contributed by atoms with E-state index in [1.165, 1.54) is 0 Å². The molecule has 21 heavy (non-hydrogen) atoms. The van der Waals surface area contributed by atoms with Gasteiger partial charge < -0.3 is 5.32 Å². The molecule has 0 saturated heterocycles. The highest BCUT2D eigenvalue weighted by atomic mass is 32.2. The Labute approximate surface area is 129 Å². The molecule has 2 rings (SSSR count). The normalized spacial score (nSPS) is 9.86. The summed E-state index contributed by atoms with van der Waals surface area (Å²) in [6.45, 7) is 0.618. The molecule has 0 aromatic heterocycles. The lowest BCUT2D eigenvalue weighted by Gasteiger charge is -2.06. The fourth-order valence-corrected chi connectivity index (χ4v) is 2.73. The van der Waals surface area contributed by atoms with Crippen LogP contribution in [0.4, 0.5) is 0 Å². The second-order valence-corrected chi connectivity index (χ2v) is 5.55. The number of carbonyl (C=O) groups is 1. The number of nitriles is 1. The third-order valence-electron chi connectivity index (χ3n) is 2.96. The Bertz CT molecular complexity index is 635. The molecule has 0 unspecified atom stereocenters. The largest absolute Gasteiger partial charge is 0.351 e. The zero-order chi connectivity index (χ0) is 14.9. The number of amides is 1. The van der Waals surface area contributed by atoms with Gasteiger partial charge in [0.15, 0.2) is 0 Å². The van der Waals surface area contributed by atoms with E-state index >= 15 is 0 Å². The molecule has 0 spiro atoms. The molecule has 1 N–H and O–H groups in total. The lowest BCUT2D eigenvalue weighted by Crippen LogP contribution is -2.25. The van der Waals surface area contributed by atoms with Crippen molar-refractivity contribution >= 4 is 17.7 Å². The molecule has 3 nitrogen and oxygen atoms in total. The lowest BCUT2D eigenvalue weighted by atomic mass is 10.1. The molecule has 0 fully saturated rings. The monoisotopic (exact) mass is 296 g/mol. The number of rotatable bonds is 6. The number of carbonyl (C=O) groups excluding carboxylic acids is 1. The van der Waals surface area contributed by atoms with Gasteiger partial charge in [-0.15, -0.1) is 0 Å². The Morgan fingerprint density at radius 3 is 2.57 bits per heavy atom. The van der Waals surface area contributed by atoms with Gasteiger partial charge in [-0.05, 0) is 23.8 Å². The molecule has 0 aliphatic rings. The van der Waals surface area contributed by atoms with Crippen LogP contribution < -0.4 is 5.32 Å². The van der Waals surface area contributed by atoms with Crippen LogP contribution in [0.1, 0.15) is 21.5 Å². The van der Waals surface area contributed by atoms with Gasteiger partial charge in [-0.1, -0.05) is 36.4 Å².